The topological polar surface area (TPSA) is 46.2 Å². The van der Waals surface area contributed by atoms with Crippen LogP contribution in [0, 0.1) is 0 Å². The fourth-order valence-corrected chi connectivity index (χ4v) is 3.81. The van der Waals surface area contributed by atoms with Crippen LogP contribution in [0.5, 0.6) is 0 Å². The average molecular weight is 153 g/mol. The van der Waals surface area contributed by atoms with Gasteiger partial charge in [0.1, 0.15) is 8.51 Å². The maximum atomic E-state index is 4.95. The van der Waals surface area contributed by atoms with Crippen molar-refractivity contribution >= 4 is 24.9 Å². The Morgan fingerprint density at radius 2 is 3.00 bits per heavy atom. The molecule has 0 amide bonds. The van der Waals surface area contributed by atoms with Crippen molar-refractivity contribution in [3.63, 3.8) is 0 Å². The van der Waals surface area contributed by atoms with Crippen LogP contribution in [0.15, 0.2) is 4.30 Å². The molecule has 0 saturated heterocycles. The number of rotatable bonds is 0. The molecule has 0 bridgehead atoms. The van der Waals surface area contributed by atoms with E-state index in [-0.39, 0.29) is 0 Å². The van der Waals surface area contributed by atoms with Gasteiger partial charge in [-0.05, 0) is 0 Å². The highest BCUT2D eigenvalue weighted by molar-refractivity contribution is 7.50. The summed E-state index contributed by atoms with van der Waals surface area (Å²) in [5, 5.41) is 0. The number of aromatic amines is 1. The third kappa shape index (κ3) is 0.598. The molecule has 2 unspecified atom stereocenters. The van der Waals surface area contributed by atoms with Gasteiger partial charge in [0.25, 0.3) is 0 Å². The number of fused-ring (bicyclic) bond motifs is 1. The Kier molecular flexibility index (Phi) is 0.741. The van der Waals surface area contributed by atoms with Gasteiger partial charge in [-0.2, -0.15) is 0 Å². The third-order valence-corrected chi connectivity index (χ3v) is 4.18. The summed E-state index contributed by atoms with van der Waals surface area (Å²) < 4.78 is 13.9. The summed E-state index contributed by atoms with van der Waals surface area (Å²) in [7, 11) is 1.19. The van der Waals surface area contributed by atoms with Crippen LogP contribution in [0.4, 0.5) is 0 Å². The number of H-pyrrole nitrogens is 1. The Hall–Kier alpha value is 0.1000. The lowest BCUT2D eigenvalue weighted by atomic mass is 13.7. The van der Waals surface area contributed by atoms with Crippen LogP contribution in [0.1, 0.15) is 0 Å². The highest BCUT2D eigenvalue weighted by Crippen LogP contribution is 2.31. The lowest BCUT2D eigenvalue weighted by molar-refractivity contribution is 0.606. The SMILES string of the molecule is n1p[nH][pH]n2op12. The number of nitrogens with zero attached hydrogens (tertiary/aromatic N) is 2. The Balaban J connectivity index is 2.92. The van der Waals surface area contributed by atoms with Crippen LogP contribution in [-0.2, 0) is 0 Å². The molecule has 2 rings (SSSR count). The van der Waals surface area contributed by atoms with Gasteiger partial charge in [-0.25, -0.2) is 0 Å². The van der Waals surface area contributed by atoms with Crippen molar-refractivity contribution in [2.75, 3.05) is 0 Å². The van der Waals surface area contributed by atoms with Crippen molar-refractivity contribution in [1.29, 1.82) is 0 Å². The largest absolute Gasteiger partial charge is 0.326 e. The van der Waals surface area contributed by atoms with E-state index in [2.05, 4.69) is 9.02 Å². The first kappa shape index (κ1) is 4.03. The summed E-state index contributed by atoms with van der Waals surface area (Å²) in [5.41, 5.74) is 0. The first-order valence-corrected chi connectivity index (χ1v) is 4.62. The van der Waals surface area contributed by atoms with Gasteiger partial charge in [0.05, 0.1) is 8.51 Å². The van der Waals surface area contributed by atoms with Gasteiger partial charge >= 0.3 is 7.90 Å². The molecule has 0 saturated carbocycles. The van der Waals surface area contributed by atoms with Gasteiger partial charge in [-0.15, -0.1) is 4.51 Å². The number of hydrogen-bond acceptors (Lipinski definition) is 2. The second kappa shape index (κ2) is 1.29. The van der Waals surface area contributed by atoms with E-state index in [1.54, 1.807) is 0 Å². The van der Waals surface area contributed by atoms with Gasteiger partial charge in [0.2, 0.25) is 0 Å². The molecule has 0 aliphatic rings. The molecule has 2 atom stereocenters. The summed E-state index contributed by atoms with van der Waals surface area (Å²) >= 11 is 0. The Labute approximate surface area is 43.2 Å². The molecule has 2 aromatic heterocycles. The lowest BCUT2D eigenvalue weighted by Crippen LogP contribution is -1.48. The number of aromatic nitrogens is 3. The lowest BCUT2D eigenvalue weighted by Gasteiger charge is -1.66. The molecule has 4 nitrogen and oxygen atoms in total. The van der Waals surface area contributed by atoms with Crippen molar-refractivity contribution < 1.29 is 4.30 Å². The number of hydrogen-bond donors (Lipinski definition) is 1. The summed E-state index contributed by atoms with van der Waals surface area (Å²) in [5.74, 6) is 0. The molecule has 0 radical (unpaired) electrons. The molecule has 38 valence electrons. The smallest absolute Gasteiger partial charge is 0.312 e. The maximum Gasteiger partial charge on any atom is 0.326 e. The highest BCUT2D eigenvalue weighted by atomic mass is 31.2. The van der Waals surface area contributed by atoms with E-state index >= 15 is 0 Å². The Morgan fingerprint density at radius 3 is 3.57 bits per heavy atom. The molecule has 0 fully saturated rings. The van der Waals surface area contributed by atoms with Gasteiger partial charge in [-0.3, -0.25) is 4.51 Å². The molecule has 0 aliphatic heterocycles. The molecular formula is H2N3OP3. The second-order valence-electron chi connectivity index (χ2n) is 1.02. The van der Waals surface area contributed by atoms with E-state index < -0.39 is 7.90 Å². The highest BCUT2D eigenvalue weighted by Gasteiger charge is 1.99. The average Bonchev–Trinajstić information content (AvgIpc) is 2.41. The monoisotopic (exact) mass is 153 g/mol. The molecule has 7 heavy (non-hydrogen) atoms. The van der Waals surface area contributed by atoms with Crippen LogP contribution < -0.4 is 0 Å². The van der Waals surface area contributed by atoms with Crippen LogP contribution >= 0.6 is 24.9 Å². The number of nitrogens with one attached hydrogen (secondary N) is 1. The fourth-order valence-electron chi connectivity index (χ4n) is 0.294. The molecule has 0 spiro atoms. The van der Waals surface area contributed by atoms with Crippen molar-refractivity contribution in [2.24, 2.45) is 0 Å². The van der Waals surface area contributed by atoms with E-state index in [0.717, 1.165) is 8.51 Å². The van der Waals surface area contributed by atoms with Gasteiger partial charge in [-0.1, -0.05) is 4.10 Å². The van der Waals surface area contributed by atoms with Crippen LogP contribution in [0.2, 0.25) is 0 Å². The van der Waals surface area contributed by atoms with E-state index in [0.29, 0.717) is 8.51 Å². The first-order valence-electron chi connectivity index (χ1n) is 1.66. The minimum atomic E-state index is -0.429. The van der Waals surface area contributed by atoms with Crippen molar-refractivity contribution in [3.05, 3.63) is 0 Å². The van der Waals surface area contributed by atoms with Crippen LogP contribution in [0.3, 0.4) is 0 Å². The zero-order chi connectivity index (χ0) is 4.69. The Morgan fingerprint density at radius 1 is 2.00 bits per heavy atom. The standard InChI is InChI=1S/H2N3OP3/c1-5-2-7-3(4-7)6-1/h6H,(H,1,2). The molecule has 2 heterocycles. The normalized spacial score (nSPS) is 15.7. The fraction of sp³-hybridized carbons (Fsp3) is 0. The predicted octanol–water partition coefficient (Wildman–Crippen LogP) is 1.71. The molecule has 1 N–H and O–H groups in total. The minimum Gasteiger partial charge on any atom is -0.312 e. The summed E-state index contributed by atoms with van der Waals surface area (Å²) in [6.45, 7) is 0. The second-order valence-corrected chi connectivity index (χ2v) is 4.87. The van der Waals surface area contributed by atoms with Crippen molar-refractivity contribution in [2.45, 2.75) is 0 Å². The van der Waals surface area contributed by atoms with Gasteiger partial charge in [0.15, 0.2) is 0 Å². The summed E-state index contributed by atoms with van der Waals surface area (Å²) in [6.07, 6.45) is 0. The zero-order valence-electron chi connectivity index (χ0n) is 3.20. The summed E-state index contributed by atoms with van der Waals surface area (Å²) in [6, 6.07) is 0. The van der Waals surface area contributed by atoms with E-state index in [4.69, 9.17) is 4.30 Å². The first-order chi connectivity index (χ1) is 3.47. The minimum absolute atomic E-state index is 0.429. The maximum absolute atomic E-state index is 4.95. The van der Waals surface area contributed by atoms with E-state index in [1.165, 1.54) is 0 Å². The van der Waals surface area contributed by atoms with Crippen molar-refractivity contribution in [3.8, 4) is 0 Å². The van der Waals surface area contributed by atoms with Gasteiger partial charge < -0.3 is 4.30 Å². The molecule has 0 aromatic carbocycles. The van der Waals surface area contributed by atoms with Crippen LogP contribution in [0.25, 0.3) is 0 Å². The van der Waals surface area contributed by atoms with Crippen molar-refractivity contribution in [1.82, 2.24) is 13.1 Å². The predicted molar refractivity (Wildman–Crippen MR) is 30.8 cm³/mol. The molecule has 7 heteroatoms. The molecule has 0 aliphatic carbocycles. The van der Waals surface area contributed by atoms with E-state index in [9.17, 15) is 0 Å². The summed E-state index contributed by atoms with van der Waals surface area (Å²) in [4.78, 5) is 0. The van der Waals surface area contributed by atoms with Gasteiger partial charge in [0, 0.05) is 0 Å². The quantitative estimate of drug-likeness (QED) is 0.626. The van der Waals surface area contributed by atoms with E-state index in [1.807, 2.05) is 4.10 Å². The van der Waals surface area contributed by atoms with Crippen LogP contribution in [-0.4, -0.2) is 13.1 Å². The molecular weight excluding hydrogens is 151 g/mol. The Bertz CT molecular complexity index is 227. The molecule has 2 aromatic rings. The zero-order valence-corrected chi connectivity index (χ0v) is 5.99. The third-order valence-electron chi connectivity index (χ3n) is 0.598.